The third kappa shape index (κ3) is 7.94. The number of ether oxygens (including phenoxy) is 1. The van der Waals surface area contributed by atoms with E-state index in [9.17, 15) is 10.2 Å². The molecule has 0 amide bonds. The largest absolute Gasteiger partial charge is 0.504 e. The number of hydrogen-bond acceptors (Lipinski definition) is 3. The van der Waals surface area contributed by atoms with Crippen molar-refractivity contribution in [2.75, 3.05) is 6.61 Å². The summed E-state index contributed by atoms with van der Waals surface area (Å²) in [6.07, 6.45) is 14.3. The molecule has 24 heavy (non-hydrogen) atoms. The van der Waals surface area contributed by atoms with Crippen LogP contribution in [0.4, 0.5) is 0 Å². The first-order valence-electron chi connectivity index (χ1n) is 9.87. The maximum atomic E-state index is 10.1. The van der Waals surface area contributed by atoms with E-state index in [1.807, 2.05) is 6.07 Å². The van der Waals surface area contributed by atoms with Gasteiger partial charge < -0.3 is 14.9 Å². The van der Waals surface area contributed by atoms with Crippen molar-refractivity contribution in [1.82, 2.24) is 0 Å². The van der Waals surface area contributed by atoms with Crippen molar-refractivity contribution in [3.63, 3.8) is 0 Å². The number of benzene rings is 1. The van der Waals surface area contributed by atoms with Crippen LogP contribution in [-0.4, -0.2) is 16.8 Å². The third-order valence-corrected chi connectivity index (χ3v) is 4.49. The standard InChI is InChI=1S/C21H36O3/c1-3-5-7-9-10-11-13-17-24-21-18(14-12-8-6-4-2)15-16-19(22)20(21)23/h15-16,22-23H,3-14,17H2,1-2H3. The lowest BCUT2D eigenvalue weighted by Crippen LogP contribution is -2.01. The molecule has 138 valence electrons. The number of phenolic OH excluding ortho intramolecular Hbond substituents is 2. The fourth-order valence-corrected chi connectivity index (χ4v) is 2.94. The summed E-state index contributed by atoms with van der Waals surface area (Å²) in [6, 6.07) is 3.44. The first-order chi connectivity index (χ1) is 11.7. The summed E-state index contributed by atoms with van der Waals surface area (Å²) < 4.78 is 5.82. The Morgan fingerprint density at radius 3 is 2.00 bits per heavy atom. The molecule has 0 atom stereocenters. The number of rotatable bonds is 14. The molecule has 1 aromatic rings. The van der Waals surface area contributed by atoms with Crippen molar-refractivity contribution < 1.29 is 14.9 Å². The Kier molecular flexibility index (Phi) is 11.2. The maximum Gasteiger partial charge on any atom is 0.200 e. The molecule has 1 aromatic carbocycles. The van der Waals surface area contributed by atoms with Crippen LogP contribution in [0, 0.1) is 0 Å². The van der Waals surface area contributed by atoms with Crippen LogP contribution in [0.25, 0.3) is 0 Å². The van der Waals surface area contributed by atoms with E-state index in [-0.39, 0.29) is 11.5 Å². The number of hydrogen-bond donors (Lipinski definition) is 2. The van der Waals surface area contributed by atoms with Crippen molar-refractivity contribution in [3.8, 4) is 17.2 Å². The van der Waals surface area contributed by atoms with E-state index in [1.54, 1.807) is 6.07 Å². The minimum atomic E-state index is -0.106. The number of aromatic hydroxyl groups is 2. The SMILES string of the molecule is CCCCCCCCCOc1c(CCCCCC)ccc(O)c1O. The van der Waals surface area contributed by atoms with Crippen molar-refractivity contribution in [2.24, 2.45) is 0 Å². The highest BCUT2D eigenvalue weighted by molar-refractivity contribution is 5.54. The van der Waals surface area contributed by atoms with Gasteiger partial charge >= 0.3 is 0 Å². The predicted molar refractivity (Wildman–Crippen MR) is 101 cm³/mol. The second kappa shape index (κ2) is 13.0. The van der Waals surface area contributed by atoms with E-state index < -0.39 is 0 Å². The molecule has 1 rings (SSSR count). The molecule has 0 saturated heterocycles. The quantitative estimate of drug-likeness (QED) is 0.307. The highest BCUT2D eigenvalue weighted by atomic mass is 16.5. The van der Waals surface area contributed by atoms with Gasteiger partial charge in [-0.1, -0.05) is 77.7 Å². The fourth-order valence-electron chi connectivity index (χ4n) is 2.94. The molecule has 0 heterocycles. The molecule has 0 spiro atoms. The highest BCUT2D eigenvalue weighted by Gasteiger charge is 2.13. The summed E-state index contributed by atoms with van der Waals surface area (Å²) in [5.74, 6) is 0.283. The van der Waals surface area contributed by atoms with Gasteiger partial charge in [-0.3, -0.25) is 0 Å². The Bertz CT molecular complexity index is 443. The van der Waals surface area contributed by atoms with Gasteiger partial charge in [-0.05, 0) is 30.9 Å². The van der Waals surface area contributed by atoms with E-state index in [4.69, 9.17) is 4.74 Å². The van der Waals surface area contributed by atoms with Gasteiger partial charge in [0.25, 0.3) is 0 Å². The molecule has 0 bridgehead atoms. The molecule has 2 N–H and O–H groups in total. The lowest BCUT2D eigenvalue weighted by Gasteiger charge is -2.14. The smallest absolute Gasteiger partial charge is 0.200 e. The molecule has 3 heteroatoms. The second-order valence-electron chi connectivity index (χ2n) is 6.70. The molecule has 0 aliphatic carbocycles. The summed E-state index contributed by atoms with van der Waals surface area (Å²) in [5.41, 5.74) is 1.00. The summed E-state index contributed by atoms with van der Waals surface area (Å²) >= 11 is 0. The zero-order valence-corrected chi connectivity index (χ0v) is 15.6. The highest BCUT2D eigenvalue weighted by Crippen LogP contribution is 2.39. The Morgan fingerprint density at radius 1 is 0.750 bits per heavy atom. The zero-order valence-electron chi connectivity index (χ0n) is 15.6. The predicted octanol–water partition coefficient (Wildman–Crippen LogP) is 6.35. The van der Waals surface area contributed by atoms with Crippen molar-refractivity contribution in [1.29, 1.82) is 0 Å². The Morgan fingerprint density at radius 2 is 1.33 bits per heavy atom. The number of phenols is 2. The number of unbranched alkanes of at least 4 members (excludes halogenated alkanes) is 9. The van der Waals surface area contributed by atoms with Gasteiger partial charge in [0.15, 0.2) is 11.5 Å². The van der Waals surface area contributed by atoms with Gasteiger partial charge in [-0.25, -0.2) is 0 Å². The van der Waals surface area contributed by atoms with Gasteiger partial charge in [-0.15, -0.1) is 0 Å². The minimum Gasteiger partial charge on any atom is -0.504 e. The molecule has 3 nitrogen and oxygen atoms in total. The summed E-state index contributed by atoms with van der Waals surface area (Å²) in [5, 5.41) is 19.8. The van der Waals surface area contributed by atoms with Crippen LogP contribution >= 0.6 is 0 Å². The molecule has 0 radical (unpaired) electrons. The molecule has 0 aliphatic heterocycles. The molecule has 0 aliphatic rings. The number of aryl methyl sites for hydroxylation is 1. The van der Waals surface area contributed by atoms with Crippen molar-refractivity contribution in [3.05, 3.63) is 17.7 Å². The molecule has 0 fully saturated rings. The van der Waals surface area contributed by atoms with E-state index in [0.717, 1.165) is 31.2 Å². The van der Waals surface area contributed by atoms with E-state index in [1.165, 1.54) is 51.4 Å². The normalized spacial score (nSPS) is 10.9. The van der Waals surface area contributed by atoms with Gasteiger partial charge in [0.05, 0.1) is 6.61 Å². The lowest BCUT2D eigenvalue weighted by atomic mass is 10.0. The molecule has 0 aromatic heterocycles. The van der Waals surface area contributed by atoms with Crippen LogP contribution in [0.15, 0.2) is 12.1 Å². The van der Waals surface area contributed by atoms with Crippen LogP contribution in [-0.2, 0) is 6.42 Å². The first kappa shape index (κ1) is 20.7. The second-order valence-corrected chi connectivity index (χ2v) is 6.70. The van der Waals surface area contributed by atoms with Crippen LogP contribution in [0.1, 0.15) is 90.0 Å². The Hall–Kier alpha value is -1.38. The van der Waals surface area contributed by atoms with Crippen molar-refractivity contribution in [2.45, 2.75) is 90.9 Å². The van der Waals surface area contributed by atoms with Gasteiger partial charge in [0, 0.05) is 0 Å². The summed E-state index contributed by atoms with van der Waals surface area (Å²) in [7, 11) is 0. The zero-order chi connectivity index (χ0) is 17.6. The lowest BCUT2D eigenvalue weighted by molar-refractivity contribution is 0.280. The Balaban J connectivity index is 2.39. The fraction of sp³-hybridized carbons (Fsp3) is 0.714. The molecule has 0 unspecified atom stereocenters. The average Bonchev–Trinajstić information content (AvgIpc) is 2.59. The third-order valence-electron chi connectivity index (χ3n) is 4.49. The maximum absolute atomic E-state index is 10.1. The van der Waals surface area contributed by atoms with Gasteiger partial charge in [0.1, 0.15) is 0 Å². The van der Waals surface area contributed by atoms with Crippen LogP contribution in [0.5, 0.6) is 17.2 Å². The summed E-state index contributed by atoms with van der Waals surface area (Å²) in [4.78, 5) is 0. The molecular formula is C21H36O3. The van der Waals surface area contributed by atoms with E-state index in [0.29, 0.717) is 12.4 Å². The van der Waals surface area contributed by atoms with Crippen LogP contribution in [0.2, 0.25) is 0 Å². The summed E-state index contributed by atoms with van der Waals surface area (Å²) in [6.45, 7) is 5.03. The van der Waals surface area contributed by atoms with Gasteiger partial charge in [0.2, 0.25) is 5.75 Å². The molecular weight excluding hydrogens is 300 g/mol. The van der Waals surface area contributed by atoms with Gasteiger partial charge in [-0.2, -0.15) is 0 Å². The van der Waals surface area contributed by atoms with E-state index in [2.05, 4.69) is 13.8 Å². The van der Waals surface area contributed by atoms with Crippen LogP contribution < -0.4 is 4.74 Å². The monoisotopic (exact) mass is 336 g/mol. The van der Waals surface area contributed by atoms with Crippen molar-refractivity contribution >= 4 is 0 Å². The first-order valence-corrected chi connectivity index (χ1v) is 9.87. The Labute approximate surface area is 148 Å². The van der Waals surface area contributed by atoms with E-state index >= 15 is 0 Å². The molecule has 0 saturated carbocycles. The minimum absolute atomic E-state index is 0.0955. The topological polar surface area (TPSA) is 49.7 Å². The van der Waals surface area contributed by atoms with Crippen LogP contribution in [0.3, 0.4) is 0 Å². The average molecular weight is 337 g/mol.